The first-order chi connectivity index (χ1) is 11.6. The molecule has 24 heavy (non-hydrogen) atoms. The summed E-state index contributed by atoms with van der Waals surface area (Å²) < 4.78 is 10.8. The van der Waals surface area contributed by atoms with Crippen LogP contribution in [0.2, 0.25) is 0 Å². The van der Waals surface area contributed by atoms with Crippen molar-refractivity contribution in [1.82, 2.24) is 0 Å². The maximum Gasteiger partial charge on any atom is 0.339 e. The number of carbonyl (C=O) groups excluding carboxylic acids is 1. The summed E-state index contributed by atoms with van der Waals surface area (Å²) in [6.07, 6.45) is 5.37. The van der Waals surface area contributed by atoms with Crippen LogP contribution < -0.4 is 10.9 Å². The molecular formula is C19H19NO4. The van der Waals surface area contributed by atoms with Crippen molar-refractivity contribution in [3.8, 4) is 0 Å². The fraction of sp³-hybridized carbons (Fsp3) is 0.263. The van der Waals surface area contributed by atoms with Crippen LogP contribution in [0.15, 0.2) is 57.0 Å². The number of hydrogen-bond donors (Lipinski definition) is 1. The van der Waals surface area contributed by atoms with E-state index in [1.54, 1.807) is 37.3 Å². The minimum Gasteiger partial charge on any atom is -0.497 e. The maximum atomic E-state index is 12.5. The van der Waals surface area contributed by atoms with Crippen LogP contribution in [0.5, 0.6) is 0 Å². The van der Waals surface area contributed by atoms with Gasteiger partial charge in [0.05, 0.1) is 12.2 Å². The molecule has 1 N–H and O–H groups in total. The van der Waals surface area contributed by atoms with Crippen LogP contribution in [0, 0.1) is 6.92 Å². The zero-order valence-corrected chi connectivity index (χ0v) is 13.7. The number of carbonyl (C=O) groups is 1. The maximum absolute atomic E-state index is 12.5. The van der Waals surface area contributed by atoms with Gasteiger partial charge in [-0.05, 0) is 44.5 Å². The van der Waals surface area contributed by atoms with Gasteiger partial charge in [0, 0.05) is 23.1 Å². The van der Waals surface area contributed by atoms with E-state index in [1.807, 2.05) is 13.0 Å². The number of fused-ring (bicyclic) bond motifs is 1. The highest BCUT2D eigenvalue weighted by Gasteiger charge is 2.17. The fourth-order valence-corrected chi connectivity index (χ4v) is 2.67. The lowest BCUT2D eigenvalue weighted by atomic mass is 10.0. The van der Waals surface area contributed by atoms with Gasteiger partial charge in [-0.2, -0.15) is 0 Å². The van der Waals surface area contributed by atoms with Crippen molar-refractivity contribution in [2.24, 2.45) is 0 Å². The Bertz CT molecular complexity index is 905. The Kier molecular flexibility index (Phi) is 4.51. The number of nitrogens with one attached hydrogen (secondary N) is 1. The highest BCUT2D eigenvalue weighted by Crippen LogP contribution is 2.23. The van der Waals surface area contributed by atoms with E-state index < -0.39 is 0 Å². The highest BCUT2D eigenvalue weighted by molar-refractivity contribution is 6.06. The van der Waals surface area contributed by atoms with E-state index in [1.165, 1.54) is 0 Å². The van der Waals surface area contributed by atoms with E-state index in [9.17, 15) is 9.59 Å². The van der Waals surface area contributed by atoms with Crippen molar-refractivity contribution in [3.05, 3.63) is 63.7 Å². The molecule has 0 spiro atoms. The smallest absolute Gasteiger partial charge is 0.339 e. The summed E-state index contributed by atoms with van der Waals surface area (Å²) in [5.74, 6) is 0.517. The average molecular weight is 325 g/mol. The number of allylic oxidation sites excluding steroid dienone is 2. The molecule has 1 amide bonds. The second-order valence-electron chi connectivity index (χ2n) is 5.63. The number of hydrogen-bond acceptors (Lipinski definition) is 4. The molecule has 0 aliphatic heterocycles. The third-order valence-corrected chi connectivity index (χ3v) is 3.85. The third-order valence-electron chi connectivity index (χ3n) is 3.85. The van der Waals surface area contributed by atoms with Crippen LogP contribution in [0.4, 0.5) is 5.69 Å². The normalized spacial score (nSPS) is 14.1. The summed E-state index contributed by atoms with van der Waals surface area (Å²) in [4.78, 5) is 24.1. The Balaban J connectivity index is 1.89. The first-order valence-corrected chi connectivity index (χ1v) is 7.97. The minimum absolute atomic E-state index is 0.206. The van der Waals surface area contributed by atoms with Crippen LogP contribution in [0.3, 0.4) is 0 Å². The molecule has 0 radical (unpaired) electrons. The molecule has 0 unspecified atom stereocenters. The van der Waals surface area contributed by atoms with Crippen molar-refractivity contribution >= 4 is 22.6 Å². The predicted molar refractivity (Wildman–Crippen MR) is 92.9 cm³/mol. The van der Waals surface area contributed by atoms with Gasteiger partial charge in [-0.25, -0.2) is 4.79 Å². The number of rotatable bonds is 4. The van der Waals surface area contributed by atoms with Crippen molar-refractivity contribution in [3.63, 3.8) is 0 Å². The highest BCUT2D eigenvalue weighted by atomic mass is 16.5. The first kappa shape index (κ1) is 16.1. The molecule has 1 aromatic heterocycles. The molecule has 5 heteroatoms. The van der Waals surface area contributed by atoms with Gasteiger partial charge in [0.2, 0.25) is 0 Å². The molecule has 0 atom stereocenters. The minimum atomic E-state index is -0.349. The van der Waals surface area contributed by atoms with Gasteiger partial charge < -0.3 is 14.5 Å². The summed E-state index contributed by atoms with van der Waals surface area (Å²) >= 11 is 0. The van der Waals surface area contributed by atoms with Crippen LogP contribution >= 0.6 is 0 Å². The van der Waals surface area contributed by atoms with E-state index in [-0.39, 0.29) is 11.5 Å². The zero-order valence-electron chi connectivity index (χ0n) is 13.7. The van der Waals surface area contributed by atoms with Crippen LogP contribution in [-0.4, -0.2) is 12.5 Å². The van der Waals surface area contributed by atoms with E-state index in [0.29, 0.717) is 29.0 Å². The molecule has 0 bridgehead atoms. The summed E-state index contributed by atoms with van der Waals surface area (Å²) in [5.41, 5.74) is 1.87. The van der Waals surface area contributed by atoms with Gasteiger partial charge in [0.25, 0.3) is 5.91 Å². The molecule has 0 saturated heterocycles. The van der Waals surface area contributed by atoms with Crippen molar-refractivity contribution in [2.75, 3.05) is 11.9 Å². The molecule has 1 aliphatic rings. The Hall–Kier alpha value is -2.82. The summed E-state index contributed by atoms with van der Waals surface area (Å²) in [7, 11) is 0. The molecular weight excluding hydrogens is 306 g/mol. The summed E-state index contributed by atoms with van der Waals surface area (Å²) in [6, 6.07) is 6.94. The largest absolute Gasteiger partial charge is 0.497 e. The van der Waals surface area contributed by atoms with Crippen LogP contribution in [-0.2, 0) is 9.53 Å². The molecule has 2 aromatic rings. The van der Waals surface area contributed by atoms with Gasteiger partial charge >= 0.3 is 5.63 Å². The van der Waals surface area contributed by atoms with Crippen molar-refractivity contribution in [2.45, 2.75) is 26.7 Å². The Morgan fingerprint density at radius 1 is 1.33 bits per heavy atom. The first-order valence-electron chi connectivity index (χ1n) is 7.97. The number of aryl methyl sites for hydroxylation is 1. The SMILES string of the molecule is CCOC1=C(C(=O)Nc2ccc3oc(=O)c(C)cc3c2)C=CCC1. The molecule has 1 aromatic carbocycles. The summed E-state index contributed by atoms with van der Waals surface area (Å²) in [6.45, 7) is 4.14. The Morgan fingerprint density at radius 3 is 2.96 bits per heavy atom. The average Bonchev–Trinajstić information content (AvgIpc) is 2.57. The molecule has 1 aliphatic carbocycles. The molecule has 0 saturated carbocycles. The van der Waals surface area contributed by atoms with Crippen LogP contribution in [0.25, 0.3) is 11.0 Å². The second kappa shape index (κ2) is 6.74. The second-order valence-corrected chi connectivity index (χ2v) is 5.63. The Labute approximate surface area is 139 Å². The number of ether oxygens (including phenoxy) is 1. The topological polar surface area (TPSA) is 68.5 Å². The third kappa shape index (κ3) is 3.25. The van der Waals surface area contributed by atoms with Crippen molar-refractivity contribution in [1.29, 1.82) is 0 Å². The standard InChI is InChI=1S/C19H19NO4/c1-3-23-17-7-5-4-6-15(17)18(21)20-14-8-9-16-13(11-14)10-12(2)19(22)24-16/h4,6,8-11H,3,5,7H2,1-2H3,(H,20,21). The zero-order chi connectivity index (χ0) is 17.1. The van der Waals surface area contributed by atoms with Gasteiger partial charge in [0.1, 0.15) is 11.3 Å². The molecule has 0 fully saturated rings. The van der Waals surface area contributed by atoms with E-state index >= 15 is 0 Å². The number of benzene rings is 1. The monoisotopic (exact) mass is 325 g/mol. The van der Waals surface area contributed by atoms with Gasteiger partial charge in [-0.15, -0.1) is 0 Å². The lowest BCUT2D eigenvalue weighted by Crippen LogP contribution is -2.17. The van der Waals surface area contributed by atoms with Crippen LogP contribution in [0.1, 0.15) is 25.3 Å². The lowest BCUT2D eigenvalue weighted by Gasteiger charge is -2.16. The van der Waals surface area contributed by atoms with E-state index in [4.69, 9.17) is 9.15 Å². The lowest BCUT2D eigenvalue weighted by molar-refractivity contribution is -0.112. The van der Waals surface area contributed by atoms with Gasteiger partial charge in [0.15, 0.2) is 0 Å². The van der Waals surface area contributed by atoms with E-state index in [0.717, 1.165) is 24.0 Å². The molecule has 5 nitrogen and oxygen atoms in total. The number of anilines is 1. The quantitative estimate of drug-likeness (QED) is 0.871. The van der Waals surface area contributed by atoms with Gasteiger partial charge in [-0.1, -0.05) is 12.2 Å². The predicted octanol–water partition coefficient (Wildman–Crippen LogP) is 3.68. The number of amides is 1. The Morgan fingerprint density at radius 2 is 2.17 bits per heavy atom. The summed E-state index contributed by atoms with van der Waals surface area (Å²) in [5, 5.41) is 3.65. The fourth-order valence-electron chi connectivity index (χ4n) is 2.67. The van der Waals surface area contributed by atoms with E-state index in [2.05, 4.69) is 5.32 Å². The van der Waals surface area contributed by atoms with Crippen molar-refractivity contribution < 1.29 is 13.9 Å². The molecule has 3 rings (SSSR count). The molecule has 124 valence electrons. The molecule has 1 heterocycles. The van der Waals surface area contributed by atoms with Gasteiger partial charge in [-0.3, -0.25) is 4.79 Å².